The fraction of sp³-hybridized carbons (Fsp3) is 0.500. The molecule has 0 saturated heterocycles. The van der Waals surface area contributed by atoms with Gasteiger partial charge in [0.15, 0.2) is 5.96 Å². The van der Waals surface area contributed by atoms with Crippen LogP contribution in [0.2, 0.25) is 0 Å². The third-order valence-corrected chi connectivity index (χ3v) is 3.28. The van der Waals surface area contributed by atoms with Crippen molar-refractivity contribution in [3.8, 4) is 5.75 Å². The second-order valence-electron chi connectivity index (χ2n) is 4.29. The van der Waals surface area contributed by atoms with E-state index in [1.165, 1.54) is 12.1 Å². The average Bonchev–Trinajstić information content (AvgIpc) is 2.49. The highest BCUT2D eigenvalue weighted by Gasteiger charge is 2.29. The minimum absolute atomic E-state index is 0.328. The zero-order valence-corrected chi connectivity index (χ0v) is 13.4. The fourth-order valence-corrected chi connectivity index (χ4v) is 1.88. The number of hydrogen-bond donors (Lipinski definition) is 2. The van der Waals surface area contributed by atoms with Gasteiger partial charge in [-0.15, -0.1) is 0 Å². The number of hydrogen-bond acceptors (Lipinski definition) is 3. The molecule has 0 radical (unpaired) electrons. The molecule has 2 N–H and O–H groups in total. The van der Waals surface area contributed by atoms with Crippen LogP contribution in [0.25, 0.3) is 0 Å². The van der Waals surface area contributed by atoms with Crippen molar-refractivity contribution < 1.29 is 17.9 Å². The molecule has 124 valence electrons. The molecule has 0 aliphatic heterocycles. The lowest BCUT2D eigenvalue weighted by Gasteiger charge is -2.12. The monoisotopic (exact) mass is 335 g/mol. The van der Waals surface area contributed by atoms with E-state index in [4.69, 9.17) is 4.74 Å². The first-order valence-electron chi connectivity index (χ1n) is 6.71. The van der Waals surface area contributed by atoms with Crippen molar-refractivity contribution in [1.29, 1.82) is 0 Å². The highest BCUT2D eigenvalue weighted by molar-refractivity contribution is 7.98. The first-order valence-corrected chi connectivity index (χ1v) is 8.10. The average molecular weight is 335 g/mol. The van der Waals surface area contributed by atoms with Gasteiger partial charge in [0.1, 0.15) is 12.4 Å². The molecular weight excluding hydrogens is 315 g/mol. The third-order valence-electron chi connectivity index (χ3n) is 2.67. The van der Waals surface area contributed by atoms with Crippen molar-refractivity contribution in [2.75, 3.05) is 38.8 Å². The molecule has 0 aliphatic rings. The molecule has 0 atom stereocenters. The maximum Gasteiger partial charge on any atom is 0.416 e. The van der Waals surface area contributed by atoms with Gasteiger partial charge >= 0.3 is 6.18 Å². The van der Waals surface area contributed by atoms with Crippen molar-refractivity contribution in [1.82, 2.24) is 10.6 Å². The van der Waals surface area contributed by atoms with E-state index >= 15 is 0 Å². The van der Waals surface area contributed by atoms with Gasteiger partial charge in [0.2, 0.25) is 0 Å². The number of nitrogens with zero attached hydrogens (tertiary/aromatic N) is 1. The quantitative estimate of drug-likeness (QED) is 0.457. The normalized spacial score (nSPS) is 12.1. The highest BCUT2D eigenvalue weighted by atomic mass is 32.2. The van der Waals surface area contributed by atoms with Crippen LogP contribution in [-0.2, 0) is 6.18 Å². The molecule has 4 nitrogen and oxygen atoms in total. The minimum Gasteiger partial charge on any atom is -0.492 e. The molecule has 1 aromatic carbocycles. The Morgan fingerprint density at radius 2 is 1.82 bits per heavy atom. The van der Waals surface area contributed by atoms with E-state index in [0.29, 0.717) is 24.9 Å². The Balaban J connectivity index is 2.29. The van der Waals surface area contributed by atoms with E-state index in [0.717, 1.165) is 24.4 Å². The Morgan fingerprint density at radius 3 is 2.36 bits per heavy atom. The second-order valence-corrected chi connectivity index (χ2v) is 5.27. The summed E-state index contributed by atoms with van der Waals surface area (Å²) in [4.78, 5) is 4.05. The summed E-state index contributed by atoms with van der Waals surface area (Å²) in [6, 6.07) is 4.64. The maximum atomic E-state index is 12.4. The summed E-state index contributed by atoms with van der Waals surface area (Å²) in [5, 5.41) is 6.19. The zero-order chi connectivity index (χ0) is 16.4. The summed E-state index contributed by atoms with van der Waals surface area (Å²) in [7, 11) is 1.67. The summed E-state index contributed by atoms with van der Waals surface area (Å²) in [6.07, 6.45) is -2.30. The number of halogens is 3. The van der Waals surface area contributed by atoms with Crippen LogP contribution in [-0.4, -0.2) is 44.7 Å². The Morgan fingerprint density at radius 1 is 1.18 bits per heavy atom. The van der Waals surface area contributed by atoms with Gasteiger partial charge in [-0.05, 0) is 30.5 Å². The van der Waals surface area contributed by atoms with Crippen LogP contribution in [0.4, 0.5) is 13.2 Å². The van der Waals surface area contributed by atoms with E-state index in [1.54, 1.807) is 18.8 Å². The molecular formula is C14H20F3N3OS. The van der Waals surface area contributed by atoms with E-state index in [1.807, 2.05) is 6.26 Å². The van der Waals surface area contributed by atoms with Crippen LogP contribution in [0.5, 0.6) is 5.75 Å². The number of thioether (sulfide) groups is 1. The van der Waals surface area contributed by atoms with Crippen LogP contribution in [0.1, 0.15) is 5.56 Å². The Bertz CT molecular complexity index is 463. The van der Waals surface area contributed by atoms with E-state index < -0.39 is 11.7 Å². The molecule has 0 fully saturated rings. The van der Waals surface area contributed by atoms with E-state index in [9.17, 15) is 13.2 Å². The summed E-state index contributed by atoms with van der Waals surface area (Å²) in [5.74, 6) is 2.05. The molecule has 1 rings (SSSR count). The van der Waals surface area contributed by atoms with Crippen molar-refractivity contribution >= 4 is 17.7 Å². The second kappa shape index (κ2) is 9.45. The van der Waals surface area contributed by atoms with Gasteiger partial charge in [-0.2, -0.15) is 24.9 Å². The number of ether oxygens (including phenoxy) is 1. The lowest BCUT2D eigenvalue weighted by Crippen LogP contribution is -2.40. The maximum absolute atomic E-state index is 12.4. The topological polar surface area (TPSA) is 45.7 Å². The largest absolute Gasteiger partial charge is 0.492 e. The Labute approximate surface area is 132 Å². The van der Waals surface area contributed by atoms with Crippen LogP contribution in [0, 0.1) is 0 Å². The van der Waals surface area contributed by atoms with Gasteiger partial charge in [-0.25, -0.2) is 0 Å². The van der Waals surface area contributed by atoms with Crippen LogP contribution < -0.4 is 15.4 Å². The van der Waals surface area contributed by atoms with Crippen molar-refractivity contribution in [2.24, 2.45) is 4.99 Å². The van der Waals surface area contributed by atoms with Crippen molar-refractivity contribution in [3.05, 3.63) is 29.8 Å². The lowest BCUT2D eigenvalue weighted by molar-refractivity contribution is -0.137. The van der Waals surface area contributed by atoms with Gasteiger partial charge in [0.05, 0.1) is 12.1 Å². The summed E-state index contributed by atoms with van der Waals surface area (Å²) in [5.41, 5.74) is -0.684. The van der Waals surface area contributed by atoms with Gasteiger partial charge in [0, 0.05) is 19.3 Å². The third kappa shape index (κ3) is 6.93. The van der Waals surface area contributed by atoms with Crippen LogP contribution >= 0.6 is 11.8 Å². The number of benzene rings is 1. The standard InChI is InChI=1S/C14H20F3N3OS/c1-18-13(20-8-10-22-2)19-7-9-21-12-5-3-11(4-6-12)14(15,16)17/h3-6H,7-10H2,1-2H3,(H2,18,19,20). The van der Waals surface area contributed by atoms with Crippen LogP contribution in [0.3, 0.4) is 0 Å². The fourth-order valence-electron chi connectivity index (χ4n) is 1.57. The summed E-state index contributed by atoms with van der Waals surface area (Å²) < 4.78 is 42.6. The SMILES string of the molecule is CN=C(NCCOc1ccc(C(F)(F)F)cc1)NCCSC. The molecule has 0 aliphatic carbocycles. The lowest BCUT2D eigenvalue weighted by atomic mass is 10.2. The minimum atomic E-state index is -4.32. The molecule has 0 spiro atoms. The first kappa shape index (κ1) is 18.5. The number of alkyl halides is 3. The van der Waals surface area contributed by atoms with Gasteiger partial charge in [0.25, 0.3) is 0 Å². The molecule has 0 saturated carbocycles. The molecule has 1 aromatic rings. The van der Waals surface area contributed by atoms with Gasteiger partial charge in [-0.1, -0.05) is 0 Å². The number of aliphatic imine (C=N–C) groups is 1. The predicted molar refractivity (Wildman–Crippen MR) is 84.7 cm³/mol. The van der Waals surface area contributed by atoms with Gasteiger partial charge in [-0.3, -0.25) is 4.99 Å². The Kier molecular flexibility index (Phi) is 7.94. The number of guanidine groups is 1. The van der Waals surface area contributed by atoms with Crippen molar-refractivity contribution in [3.63, 3.8) is 0 Å². The number of nitrogens with one attached hydrogen (secondary N) is 2. The molecule has 8 heteroatoms. The molecule has 0 heterocycles. The molecule has 0 bridgehead atoms. The van der Waals surface area contributed by atoms with E-state index in [2.05, 4.69) is 15.6 Å². The smallest absolute Gasteiger partial charge is 0.416 e. The van der Waals surface area contributed by atoms with Crippen LogP contribution in [0.15, 0.2) is 29.3 Å². The zero-order valence-electron chi connectivity index (χ0n) is 12.5. The summed E-state index contributed by atoms with van der Waals surface area (Å²) in [6.45, 7) is 1.63. The Hall–Kier alpha value is -1.57. The molecule has 0 aromatic heterocycles. The summed E-state index contributed by atoms with van der Waals surface area (Å²) >= 11 is 1.73. The first-order chi connectivity index (χ1) is 10.5. The van der Waals surface area contributed by atoms with Gasteiger partial charge < -0.3 is 15.4 Å². The molecule has 22 heavy (non-hydrogen) atoms. The predicted octanol–water partition coefficient (Wildman–Crippen LogP) is 2.61. The van der Waals surface area contributed by atoms with E-state index in [-0.39, 0.29) is 0 Å². The molecule has 0 unspecified atom stereocenters. The highest BCUT2D eigenvalue weighted by Crippen LogP contribution is 2.30. The molecule has 0 amide bonds. The van der Waals surface area contributed by atoms with Crippen molar-refractivity contribution in [2.45, 2.75) is 6.18 Å². The number of rotatable bonds is 7.